The number of hydrogen-bond donors (Lipinski definition) is 1. The number of anilines is 1. The van der Waals surface area contributed by atoms with Gasteiger partial charge in [-0.1, -0.05) is 24.1 Å². The minimum absolute atomic E-state index is 0.0124. The lowest BCUT2D eigenvalue weighted by atomic mass is 9.86. The molecule has 102 valence electrons. The van der Waals surface area contributed by atoms with E-state index in [1.165, 1.54) is 0 Å². The van der Waals surface area contributed by atoms with Crippen molar-refractivity contribution in [1.29, 1.82) is 0 Å². The molecule has 1 fully saturated rings. The van der Waals surface area contributed by atoms with E-state index in [1.807, 2.05) is 13.0 Å². The van der Waals surface area contributed by atoms with Crippen molar-refractivity contribution in [1.82, 2.24) is 0 Å². The van der Waals surface area contributed by atoms with Gasteiger partial charge in [-0.25, -0.2) is 0 Å². The Morgan fingerprint density at radius 1 is 1.42 bits per heavy atom. The number of hydrogen-bond acceptors (Lipinski definition) is 3. The summed E-state index contributed by atoms with van der Waals surface area (Å²) < 4.78 is 4.95. The minimum atomic E-state index is -0.354. The lowest BCUT2D eigenvalue weighted by molar-refractivity contribution is -0.154. The molecule has 1 N–H and O–H groups in total. The van der Waals surface area contributed by atoms with Crippen molar-refractivity contribution >= 4 is 29.2 Å². The van der Waals surface area contributed by atoms with E-state index in [-0.39, 0.29) is 24.4 Å². The molecular formula is C14H16ClNO3. The van der Waals surface area contributed by atoms with Crippen molar-refractivity contribution in [3.05, 3.63) is 28.8 Å². The molecule has 0 bridgehead atoms. The maximum atomic E-state index is 11.6. The molecule has 0 aliphatic heterocycles. The summed E-state index contributed by atoms with van der Waals surface area (Å²) in [5.41, 5.74) is 1.54. The van der Waals surface area contributed by atoms with E-state index in [0.29, 0.717) is 10.7 Å². The summed E-state index contributed by atoms with van der Waals surface area (Å²) in [5.74, 6) is -0.641. The van der Waals surface area contributed by atoms with Crippen LogP contribution in [0.1, 0.15) is 24.8 Å². The summed E-state index contributed by atoms with van der Waals surface area (Å²) in [6.45, 7) is 1.63. The highest BCUT2D eigenvalue weighted by molar-refractivity contribution is 6.31. The Labute approximate surface area is 117 Å². The fraction of sp³-hybridized carbons (Fsp3) is 0.429. The van der Waals surface area contributed by atoms with Gasteiger partial charge >= 0.3 is 5.97 Å². The van der Waals surface area contributed by atoms with E-state index < -0.39 is 0 Å². The zero-order valence-electron chi connectivity index (χ0n) is 10.7. The van der Waals surface area contributed by atoms with E-state index >= 15 is 0 Å². The fourth-order valence-electron chi connectivity index (χ4n) is 1.77. The van der Waals surface area contributed by atoms with Crippen LogP contribution in [0.4, 0.5) is 5.69 Å². The van der Waals surface area contributed by atoms with Crippen LogP contribution in [0.5, 0.6) is 0 Å². The number of ether oxygens (including phenoxy) is 1. The number of rotatable bonds is 4. The van der Waals surface area contributed by atoms with Crippen molar-refractivity contribution in [2.75, 3.05) is 11.9 Å². The monoisotopic (exact) mass is 281 g/mol. The fourth-order valence-corrected chi connectivity index (χ4v) is 1.95. The van der Waals surface area contributed by atoms with Crippen molar-refractivity contribution < 1.29 is 14.3 Å². The Morgan fingerprint density at radius 2 is 2.16 bits per heavy atom. The molecule has 4 nitrogen and oxygen atoms in total. The number of carbonyl (C=O) groups excluding carboxylic acids is 2. The second-order valence-corrected chi connectivity index (χ2v) is 5.15. The van der Waals surface area contributed by atoms with Gasteiger partial charge in [-0.2, -0.15) is 0 Å². The van der Waals surface area contributed by atoms with E-state index in [9.17, 15) is 9.59 Å². The van der Waals surface area contributed by atoms with Gasteiger partial charge in [-0.3, -0.25) is 9.59 Å². The number of esters is 1. The highest BCUT2D eigenvalue weighted by Gasteiger charge is 2.27. The van der Waals surface area contributed by atoms with Gasteiger partial charge in [0.2, 0.25) is 0 Å². The summed E-state index contributed by atoms with van der Waals surface area (Å²) in [5, 5.41) is 3.23. The van der Waals surface area contributed by atoms with Crippen LogP contribution in [-0.2, 0) is 14.3 Å². The maximum absolute atomic E-state index is 11.6. The highest BCUT2D eigenvalue weighted by Crippen LogP contribution is 2.27. The topological polar surface area (TPSA) is 55.4 Å². The molecule has 1 aromatic carbocycles. The van der Waals surface area contributed by atoms with E-state index in [0.717, 1.165) is 24.8 Å². The Hall–Kier alpha value is -1.55. The Balaban J connectivity index is 1.80. The predicted octanol–water partition coefficient (Wildman–Crippen LogP) is 2.93. The summed E-state index contributed by atoms with van der Waals surface area (Å²) in [7, 11) is 0. The molecule has 1 aliphatic rings. The molecule has 5 heteroatoms. The van der Waals surface area contributed by atoms with Crippen LogP contribution in [0.2, 0.25) is 5.02 Å². The van der Waals surface area contributed by atoms with Gasteiger partial charge in [0.1, 0.15) is 0 Å². The highest BCUT2D eigenvalue weighted by atomic mass is 35.5. The third kappa shape index (κ3) is 3.70. The summed E-state index contributed by atoms with van der Waals surface area (Å²) in [6.07, 6.45) is 2.80. The van der Waals surface area contributed by atoms with Gasteiger partial charge in [-0.15, -0.1) is 0 Å². The van der Waals surface area contributed by atoms with Crippen LogP contribution >= 0.6 is 11.6 Å². The average Bonchev–Trinajstić information content (AvgIpc) is 2.29. The van der Waals surface area contributed by atoms with Gasteiger partial charge < -0.3 is 10.1 Å². The molecule has 1 aliphatic carbocycles. The summed E-state index contributed by atoms with van der Waals surface area (Å²) in [4.78, 5) is 23.1. The lowest BCUT2D eigenvalue weighted by Gasteiger charge is -2.22. The summed E-state index contributed by atoms with van der Waals surface area (Å²) >= 11 is 5.96. The number of nitrogens with one attached hydrogen (secondary N) is 1. The van der Waals surface area contributed by atoms with Crippen molar-refractivity contribution in [2.45, 2.75) is 26.2 Å². The minimum Gasteiger partial charge on any atom is -0.455 e. The van der Waals surface area contributed by atoms with E-state index in [1.54, 1.807) is 12.1 Å². The number of carbonyl (C=O) groups is 2. The molecule has 1 saturated carbocycles. The van der Waals surface area contributed by atoms with Crippen molar-refractivity contribution in [3.63, 3.8) is 0 Å². The third-order valence-electron chi connectivity index (χ3n) is 3.24. The Kier molecular flexibility index (Phi) is 4.43. The molecular weight excluding hydrogens is 266 g/mol. The normalized spacial score (nSPS) is 14.6. The van der Waals surface area contributed by atoms with Crippen LogP contribution in [0.15, 0.2) is 18.2 Å². The molecule has 0 radical (unpaired) electrons. The van der Waals surface area contributed by atoms with Crippen LogP contribution in [0, 0.1) is 12.8 Å². The molecule has 1 aromatic rings. The van der Waals surface area contributed by atoms with E-state index in [4.69, 9.17) is 16.3 Å². The van der Waals surface area contributed by atoms with Gasteiger partial charge in [0.05, 0.1) is 5.92 Å². The number of aryl methyl sites for hydroxylation is 1. The first-order chi connectivity index (χ1) is 9.06. The van der Waals surface area contributed by atoms with Crippen LogP contribution in [0.25, 0.3) is 0 Å². The maximum Gasteiger partial charge on any atom is 0.309 e. The third-order valence-corrected chi connectivity index (χ3v) is 3.65. The van der Waals surface area contributed by atoms with Gasteiger partial charge in [0.15, 0.2) is 6.61 Å². The van der Waals surface area contributed by atoms with Gasteiger partial charge in [0.25, 0.3) is 5.91 Å². The second-order valence-electron chi connectivity index (χ2n) is 4.75. The van der Waals surface area contributed by atoms with Crippen LogP contribution in [-0.4, -0.2) is 18.5 Å². The van der Waals surface area contributed by atoms with Gasteiger partial charge in [-0.05, 0) is 37.5 Å². The Bertz CT molecular complexity index is 497. The second kappa shape index (κ2) is 6.06. The zero-order chi connectivity index (χ0) is 13.8. The Morgan fingerprint density at radius 3 is 2.74 bits per heavy atom. The van der Waals surface area contributed by atoms with E-state index in [2.05, 4.69) is 5.32 Å². The number of halogens is 1. The first-order valence-electron chi connectivity index (χ1n) is 6.29. The van der Waals surface area contributed by atoms with Crippen LogP contribution in [0.3, 0.4) is 0 Å². The molecule has 19 heavy (non-hydrogen) atoms. The smallest absolute Gasteiger partial charge is 0.309 e. The first kappa shape index (κ1) is 13.9. The molecule has 0 aromatic heterocycles. The molecule has 0 unspecified atom stereocenters. The molecule has 1 amide bonds. The quantitative estimate of drug-likeness (QED) is 0.863. The molecule has 0 atom stereocenters. The molecule has 0 heterocycles. The summed E-state index contributed by atoms with van der Waals surface area (Å²) in [6, 6.07) is 5.24. The van der Waals surface area contributed by atoms with Gasteiger partial charge in [0, 0.05) is 10.7 Å². The standard InChI is InChI=1S/C14H16ClNO3/c1-9-5-6-11(7-12(9)15)16-13(17)8-19-14(18)10-3-2-4-10/h5-7,10H,2-4,8H2,1H3,(H,16,17). The molecule has 0 saturated heterocycles. The van der Waals surface area contributed by atoms with Crippen LogP contribution < -0.4 is 5.32 Å². The largest absolute Gasteiger partial charge is 0.455 e. The predicted molar refractivity (Wildman–Crippen MR) is 73.1 cm³/mol. The van der Waals surface area contributed by atoms with Crippen molar-refractivity contribution in [2.24, 2.45) is 5.92 Å². The number of benzene rings is 1. The molecule has 2 rings (SSSR count). The zero-order valence-corrected chi connectivity index (χ0v) is 11.5. The first-order valence-corrected chi connectivity index (χ1v) is 6.66. The SMILES string of the molecule is Cc1ccc(NC(=O)COC(=O)C2CCC2)cc1Cl. The lowest BCUT2D eigenvalue weighted by Crippen LogP contribution is -2.28. The van der Waals surface area contributed by atoms with Crippen molar-refractivity contribution in [3.8, 4) is 0 Å². The molecule has 0 spiro atoms. The number of amides is 1. The average molecular weight is 282 g/mol.